The van der Waals surface area contributed by atoms with Crippen molar-refractivity contribution in [1.82, 2.24) is 4.90 Å². The predicted molar refractivity (Wildman–Crippen MR) is 137 cm³/mol. The molecule has 1 fully saturated rings. The Kier molecular flexibility index (Phi) is 10.8. The van der Waals surface area contributed by atoms with Crippen molar-refractivity contribution in [3.63, 3.8) is 0 Å². The summed E-state index contributed by atoms with van der Waals surface area (Å²) >= 11 is 0. The molecule has 0 N–H and O–H groups in total. The summed E-state index contributed by atoms with van der Waals surface area (Å²) < 4.78 is 6.08. The lowest BCUT2D eigenvalue weighted by Crippen LogP contribution is -2.37. The summed E-state index contributed by atoms with van der Waals surface area (Å²) in [6, 6.07) is 21.1. The molecular weight excluding hydrogens is 406 g/mol. The van der Waals surface area contributed by atoms with Gasteiger partial charge >= 0.3 is 6.09 Å². The van der Waals surface area contributed by atoms with Crippen LogP contribution in [0.1, 0.15) is 76.3 Å². The van der Waals surface area contributed by atoms with Gasteiger partial charge in [-0.15, -0.1) is 0 Å². The van der Waals surface area contributed by atoms with Gasteiger partial charge in [-0.2, -0.15) is 0 Å². The van der Waals surface area contributed by atoms with Crippen LogP contribution in [0.2, 0.25) is 0 Å². The van der Waals surface area contributed by atoms with E-state index in [1.165, 1.54) is 36.8 Å². The molecule has 0 radical (unpaired) electrons. The first kappa shape index (κ1) is 25.3. The van der Waals surface area contributed by atoms with Crippen molar-refractivity contribution in [2.75, 3.05) is 13.1 Å². The summed E-state index contributed by atoms with van der Waals surface area (Å²) in [5.41, 5.74) is 2.65. The number of benzene rings is 2. The second-order valence-corrected chi connectivity index (χ2v) is 9.84. The summed E-state index contributed by atoms with van der Waals surface area (Å²) in [5, 5.41) is 0. The van der Waals surface area contributed by atoms with Gasteiger partial charge in [-0.25, -0.2) is 4.79 Å². The standard InChI is InChI=1S/C30H43NO2/c1-3-29(24-25(2)28-20-10-11-21-28)33-30(32)31(22-12-18-26-14-6-4-7-15-26)23-13-19-27-16-8-5-9-17-27/h4-9,14-17,25,28-29H,3,10-13,18-24H2,1-2H3. The van der Waals surface area contributed by atoms with Crippen LogP contribution in [0.4, 0.5) is 4.79 Å². The highest BCUT2D eigenvalue weighted by molar-refractivity contribution is 5.67. The van der Waals surface area contributed by atoms with Gasteiger partial charge in [-0.1, -0.05) is 100 Å². The van der Waals surface area contributed by atoms with E-state index < -0.39 is 0 Å². The zero-order valence-corrected chi connectivity index (χ0v) is 20.8. The Morgan fingerprint density at radius 3 is 1.91 bits per heavy atom. The third kappa shape index (κ3) is 8.87. The van der Waals surface area contributed by atoms with Crippen molar-refractivity contribution in [3.05, 3.63) is 71.8 Å². The van der Waals surface area contributed by atoms with Crippen LogP contribution in [-0.2, 0) is 17.6 Å². The Balaban J connectivity index is 1.53. The van der Waals surface area contributed by atoms with Gasteiger partial charge in [0.15, 0.2) is 0 Å². The van der Waals surface area contributed by atoms with E-state index in [-0.39, 0.29) is 12.2 Å². The molecule has 3 rings (SSSR count). The summed E-state index contributed by atoms with van der Waals surface area (Å²) in [5.74, 6) is 1.44. The molecule has 2 aromatic carbocycles. The van der Waals surface area contributed by atoms with Crippen molar-refractivity contribution in [2.45, 2.75) is 84.2 Å². The van der Waals surface area contributed by atoms with Crippen LogP contribution < -0.4 is 0 Å². The fourth-order valence-electron chi connectivity index (χ4n) is 5.18. The second-order valence-electron chi connectivity index (χ2n) is 9.84. The second kappa shape index (κ2) is 14.1. The molecule has 0 spiro atoms. The lowest BCUT2D eigenvalue weighted by atomic mass is 9.87. The van der Waals surface area contributed by atoms with E-state index in [0.717, 1.165) is 57.5 Å². The Morgan fingerprint density at radius 2 is 1.42 bits per heavy atom. The summed E-state index contributed by atoms with van der Waals surface area (Å²) in [7, 11) is 0. The molecule has 180 valence electrons. The van der Waals surface area contributed by atoms with E-state index in [0.29, 0.717) is 5.92 Å². The van der Waals surface area contributed by atoms with Gasteiger partial charge in [-0.3, -0.25) is 0 Å². The number of carbonyl (C=O) groups is 1. The van der Waals surface area contributed by atoms with E-state index in [1.54, 1.807) is 0 Å². The van der Waals surface area contributed by atoms with Gasteiger partial charge in [0.25, 0.3) is 0 Å². The highest BCUT2D eigenvalue weighted by atomic mass is 16.6. The maximum Gasteiger partial charge on any atom is 0.410 e. The van der Waals surface area contributed by atoms with Gasteiger partial charge in [-0.05, 0) is 61.5 Å². The zero-order chi connectivity index (χ0) is 23.3. The summed E-state index contributed by atoms with van der Waals surface area (Å²) in [6.45, 7) is 5.99. The minimum atomic E-state index is -0.124. The Morgan fingerprint density at radius 1 is 0.909 bits per heavy atom. The van der Waals surface area contributed by atoms with E-state index in [1.807, 2.05) is 17.0 Å². The van der Waals surface area contributed by atoms with Crippen LogP contribution in [-0.4, -0.2) is 30.2 Å². The molecule has 3 heteroatoms. The average molecular weight is 450 g/mol. The molecular formula is C30H43NO2. The fourth-order valence-corrected chi connectivity index (χ4v) is 5.18. The lowest BCUT2D eigenvalue weighted by molar-refractivity contribution is 0.0455. The molecule has 3 nitrogen and oxygen atoms in total. The number of carbonyl (C=O) groups excluding carboxylic acids is 1. The van der Waals surface area contributed by atoms with Crippen molar-refractivity contribution in [1.29, 1.82) is 0 Å². The first-order chi connectivity index (χ1) is 16.2. The number of hydrogen-bond acceptors (Lipinski definition) is 2. The number of hydrogen-bond donors (Lipinski definition) is 0. The SMILES string of the molecule is CCC(CC(C)C1CCCC1)OC(=O)N(CCCc1ccccc1)CCCc1ccccc1. The highest BCUT2D eigenvalue weighted by Crippen LogP contribution is 2.34. The van der Waals surface area contributed by atoms with Gasteiger partial charge in [0.2, 0.25) is 0 Å². The van der Waals surface area contributed by atoms with E-state index >= 15 is 0 Å². The van der Waals surface area contributed by atoms with Crippen molar-refractivity contribution in [2.24, 2.45) is 11.8 Å². The molecule has 0 saturated heterocycles. The first-order valence-electron chi connectivity index (χ1n) is 13.2. The summed E-state index contributed by atoms with van der Waals surface area (Å²) in [4.78, 5) is 15.2. The van der Waals surface area contributed by atoms with Crippen molar-refractivity contribution < 1.29 is 9.53 Å². The van der Waals surface area contributed by atoms with Crippen molar-refractivity contribution in [3.8, 4) is 0 Å². The van der Waals surface area contributed by atoms with Crippen LogP contribution in [0.5, 0.6) is 0 Å². The first-order valence-corrected chi connectivity index (χ1v) is 13.2. The number of ether oxygens (including phenoxy) is 1. The van der Waals surface area contributed by atoms with E-state index in [2.05, 4.69) is 62.4 Å². The summed E-state index contributed by atoms with van der Waals surface area (Å²) in [6.07, 6.45) is 11.1. The van der Waals surface area contributed by atoms with Crippen LogP contribution >= 0.6 is 0 Å². The quantitative estimate of drug-likeness (QED) is 0.314. The predicted octanol–water partition coefficient (Wildman–Crippen LogP) is 7.69. The average Bonchev–Trinajstić information content (AvgIpc) is 3.39. The van der Waals surface area contributed by atoms with Gasteiger partial charge in [0.05, 0.1) is 0 Å². The smallest absolute Gasteiger partial charge is 0.410 e. The molecule has 2 atom stereocenters. The molecule has 1 aliphatic rings. The Hall–Kier alpha value is -2.29. The lowest BCUT2D eigenvalue weighted by Gasteiger charge is -2.28. The normalized spacial score (nSPS) is 15.8. The maximum atomic E-state index is 13.2. The van der Waals surface area contributed by atoms with Crippen LogP contribution in [0.3, 0.4) is 0 Å². The largest absolute Gasteiger partial charge is 0.446 e. The van der Waals surface area contributed by atoms with Crippen LogP contribution in [0.15, 0.2) is 60.7 Å². The fraction of sp³-hybridized carbons (Fsp3) is 0.567. The molecule has 0 heterocycles. The molecule has 1 saturated carbocycles. The monoisotopic (exact) mass is 449 g/mol. The molecule has 0 aliphatic heterocycles. The molecule has 0 aromatic heterocycles. The van der Waals surface area contributed by atoms with Crippen molar-refractivity contribution >= 4 is 6.09 Å². The minimum absolute atomic E-state index is 0.0267. The molecule has 2 unspecified atom stereocenters. The number of aryl methyl sites for hydroxylation is 2. The zero-order valence-electron chi connectivity index (χ0n) is 20.8. The van der Waals surface area contributed by atoms with Gasteiger partial charge in [0.1, 0.15) is 6.10 Å². The molecule has 1 amide bonds. The third-order valence-electron chi connectivity index (χ3n) is 7.29. The third-order valence-corrected chi connectivity index (χ3v) is 7.29. The number of nitrogens with zero attached hydrogens (tertiary/aromatic N) is 1. The Bertz CT molecular complexity index is 740. The number of rotatable bonds is 13. The maximum absolute atomic E-state index is 13.2. The molecule has 33 heavy (non-hydrogen) atoms. The highest BCUT2D eigenvalue weighted by Gasteiger charge is 2.26. The van der Waals surface area contributed by atoms with E-state index in [4.69, 9.17) is 4.74 Å². The Labute approximate surface area is 201 Å². The topological polar surface area (TPSA) is 29.5 Å². The molecule has 2 aromatic rings. The van der Waals surface area contributed by atoms with Crippen LogP contribution in [0, 0.1) is 11.8 Å². The molecule has 0 bridgehead atoms. The van der Waals surface area contributed by atoms with Crippen LogP contribution in [0.25, 0.3) is 0 Å². The van der Waals surface area contributed by atoms with Gasteiger partial charge in [0, 0.05) is 13.1 Å². The van der Waals surface area contributed by atoms with Gasteiger partial charge < -0.3 is 9.64 Å². The molecule has 1 aliphatic carbocycles. The minimum Gasteiger partial charge on any atom is -0.446 e. The number of amides is 1. The van der Waals surface area contributed by atoms with E-state index in [9.17, 15) is 4.79 Å².